The van der Waals surface area contributed by atoms with Crippen LogP contribution in [0.5, 0.6) is 0 Å². The van der Waals surface area contributed by atoms with E-state index >= 15 is 0 Å². The summed E-state index contributed by atoms with van der Waals surface area (Å²) in [6, 6.07) is 13.6. The van der Waals surface area contributed by atoms with Gasteiger partial charge in [0, 0.05) is 28.3 Å². The highest BCUT2D eigenvalue weighted by atomic mass is 35.5. The SMILES string of the molecule is CN(CC(=O)O)Cc1cc(F)cc(-c2noc(-c3ccc(-c4ccccc4C(F)(F)F)c(Cl)c3)n2)c1. The van der Waals surface area contributed by atoms with Gasteiger partial charge in [-0.3, -0.25) is 9.69 Å². The molecule has 36 heavy (non-hydrogen) atoms. The van der Waals surface area contributed by atoms with Gasteiger partial charge in [0.15, 0.2) is 0 Å². The smallest absolute Gasteiger partial charge is 0.417 e. The normalized spacial score (nSPS) is 11.8. The molecule has 0 amide bonds. The summed E-state index contributed by atoms with van der Waals surface area (Å²) in [5, 5.41) is 12.8. The summed E-state index contributed by atoms with van der Waals surface area (Å²) in [6.07, 6.45) is -4.55. The van der Waals surface area contributed by atoms with Gasteiger partial charge >= 0.3 is 12.1 Å². The minimum Gasteiger partial charge on any atom is -0.480 e. The van der Waals surface area contributed by atoms with Crippen LogP contribution in [0.1, 0.15) is 11.1 Å². The molecule has 11 heteroatoms. The predicted octanol–water partition coefficient (Wildman–Crippen LogP) is 6.40. The quantitative estimate of drug-likeness (QED) is 0.285. The summed E-state index contributed by atoms with van der Waals surface area (Å²) in [7, 11) is 1.59. The first-order valence-corrected chi connectivity index (χ1v) is 10.9. The third-order valence-electron chi connectivity index (χ3n) is 5.24. The summed E-state index contributed by atoms with van der Waals surface area (Å²) >= 11 is 6.33. The third kappa shape index (κ3) is 5.72. The highest BCUT2D eigenvalue weighted by Gasteiger charge is 2.33. The molecule has 0 saturated carbocycles. The van der Waals surface area contributed by atoms with E-state index < -0.39 is 23.5 Å². The number of rotatable bonds is 7. The number of carboxylic acids is 1. The molecule has 0 atom stereocenters. The highest BCUT2D eigenvalue weighted by Crippen LogP contribution is 2.40. The molecule has 0 unspecified atom stereocenters. The number of benzene rings is 3. The van der Waals surface area contributed by atoms with Crippen molar-refractivity contribution in [2.24, 2.45) is 0 Å². The number of hydrogen-bond donors (Lipinski definition) is 1. The topological polar surface area (TPSA) is 79.5 Å². The first-order valence-electron chi connectivity index (χ1n) is 10.5. The maximum Gasteiger partial charge on any atom is 0.417 e. The van der Waals surface area contributed by atoms with Gasteiger partial charge in [-0.25, -0.2) is 4.39 Å². The zero-order chi connectivity index (χ0) is 26.0. The molecule has 0 aliphatic heterocycles. The van der Waals surface area contributed by atoms with Crippen molar-refractivity contribution in [1.82, 2.24) is 15.0 Å². The van der Waals surface area contributed by atoms with Gasteiger partial charge in [-0.2, -0.15) is 18.2 Å². The van der Waals surface area contributed by atoms with Crippen LogP contribution in [0, 0.1) is 5.82 Å². The molecule has 6 nitrogen and oxygen atoms in total. The predicted molar refractivity (Wildman–Crippen MR) is 125 cm³/mol. The van der Waals surface area contributed by atoms with Crippen molar-refractivity contribution >= 4 is 17.6 Å². The van der Waals surface area contributed by atoms with Crippen molar-refractivity contribution in [2.45, 2.75) is 12.7 Å². The van der Waals surface area contributed by atoms with Crippen LogP contribution in [-0.2, 0) is 17.5 Å². The van der Waals surface area contributed by atoms with E-state index in [9.17, 15) is 22.4 Å². The Morgan fingerprint density at radius 1 is 1.06 bits per heavy atom. The van der Waals surface area contributed by atoms with Crippen LogP contribution in [0.2, 0.25) is 5.02 Å². The van der Waals surface area contributed by atoms with Gasteiger partial charge in [0.05, 0.1) is 12.1 Å². The molecule has 1 N–H and O–H groups in total. The molecular weight excluding hydrogens is 502 g/mol. The number of carbonyl (C=O) groups is 1. The van der Waals surface area contributed by atoms with Crippen LogP contribution < -0.4 is 0 Å². The first-order chi connectivity index (χ1) is 17.0. The van der Waals surface area contributed by atoms with Crippen molar-refractivity contribution in [3.05, 3.63) is 82.6 Å². The van der Waals surface area contributed by atoms with Gasteiger partial charge < -0.3 is 9.63 Å². The molecule has 0 fully saturated rings. The average molecular weight is 520 g/mol. The fraction of sp³-hybridized carbons (Fsp3) is 0.160. The maximum absolute atomic E-state index is 14.2. The van der Waals surface area contributed by atoms with Crippen LogP contribution in [0.15, 0.2) is 65.2 Å². The molecule has 0 spiro atoms. The maximum atomic E-state index is 14.2. The van der Waals surface area contributed by atoms with Gasteiger partial charge in [0.2, 0.25) is 5.82 Å². The second-order valence-corrected chi connectivity index (χ2v) is 8.48. The monoisotopic (exact) mass is 519 g/mol. The summed E-state index contributed by atoms with van der Waals surface area (Å²) in [6.45, 7) is -0.0410. The van der Waals surface area contributed by atoms with Crippen molar-refractivity contribution in [3.8, 4) is 34.0 Å². The molecular formula is C25H18ClF4N3O3. The zero-order valence-corrected chi connectivity index (χ0v) is 19.4. The summed E-state index contributed by atoms with van der Waals surface area (Å²) < 4.78 is 59.8. The standard InChI is InChI=1S/C25H18ClF4N3O3/c1-33(13-22(34)35)12-14-8-16(10-17(27)9-14)23-31-24(36-32-23)15-6-7-19(21(26)11-15)18-4-2-3-5-20(18)25(28,29)30/h2-11H,12-13H2,1H3,(H,34,35). The fourth-order valence-corrected chi connectivity index (χ4v) is 4.04. The Morgan fingerprint density at radius 3 is 2.50 bits per heavy atom. The number of likely N-dealkylation sites (N-methyl/N-ethyl adjacent to an activating group) is 1. The van der Waals surface area contributed by atoms with E-state index in [1.54, 1.807) is 13.1 Å². The van der Waals surface area contributed by atoms with E-state index in [1.165, 1.54) is 53.4 Å². The van der Waals surface area contributed by atoms with Gasteiger partial charge in [-0.05, 0) is 54.6 Å². The Labute approximate surface area is 207 Å². The molecule has 4 aromatic rings. The summed E-state index contributed by atoms with van der Waals surface area (Å²) in [5.74, 6) is -1.46. The van der Waals surface area contributed by atoms with E-state index in [0.717, 1.165) is 6.07 Å². The van der Waals surface area contributed by atoms with Crippen LogP contribution in [0.3, 0.4) is 0 Å². The van der Waals surface area contributed by atoms with E-state index in [0.29, 0.717) is 16.7 Å². The summed E-state index contributed by atoms with van der Waals surface area (Å²) in [4.78, 5) is 16.6. The molecule has 0 aliphatic carbocycles. The van der Waals surface area contributed by atoms with E-state index in [-0.39, 0.29) is 41.0 Å². The van der Waals surface area contributed by atoms with Crippen LogP contribution in [-0.4, -0.2) is 39.7 Å². The van der Waals surface area contributed by atoms with Gasteiger partial charge in [-0.15, -0.1) is 0 Å². The fourth-order valence-electron chi connectivity index (χ4n) is 3.76. The number of nitrogens with zero attached hydrogens (tertiary/aromatic N) is 3. The highest BCUT2D eigenvalue weighted by molar-refractivity contribution is 6.33. The van der Waals surface area contributed by atoms with E-state index in [1.807, 2.05) is 0 Å². The van der Waals surface area contributed by atoms with Crippen molar-refractivity contribution < 1.29 is 32.0 Å². The van der Waals surface area contributed by atoms with Crippen LogP contribution in [0.25, 0.3) is 34.0 Å². The van der Waals surface area contributed by atoms with Gasteiger partial charge in [-0.1, -0.05) is 41.0 Å². The molecule has 0 aliphatic rings. The Balaban J connectivity index is 1.62. The van der Waals surface area contributed by atoms with E-state index in [2.05, 4.69) is 10.1 Å². The number of alkyl halides is 3. The van der Waals surface area contributed by atoms with Crippen LogP contribution >= 0.6 is 11.6 Å². The molecule has 0 bridgehead atoms. The Morgan fingerprint density at radius 2 is 1.81 bits per heavy atom. The number of hydrogen-bond acceptors (Lipinski definition) is 5. The third-order valence-corrected chi connectivity index (χ3v) is 5.55. The second kappa shape index (κ2) is 10.1. The van der Waals surface area contributed by atoms with Crippen LogP contribution in [0.4, 0.5) is 17.6 Å². The summed E-state index contributed by atoms with van der Waals surface area (Å²) in [5.41, 5.74) is 0.503. The molecule has 1 aromatic heterocycles. The lowest BCUT2D eigenvalue weighted by Crippen LogP contribution is -2.25. The molecule has 1 heterocycles. The number of aliphatic carboxylic acids is 1. The number of aromatic nitrogens is 2. The Kier molecular flexibility index (Phi) is 7.09. The Hall–Kier alpha value is -3.76. The largest absolute Gasteiger partial charge is 0.480 e. The molecule has 0 saturated heterocycles. The molecule has 4 rings (SSSR count). The lowest BCUT2D eigenvalue weighted by atomic mass is 9.98. The van der Waals surface area contributed by atoms with Gasteiger partial charge in [0.25, 0.3) is 5.89 Å². The van der Waals surface area contributed by atoms with Crippen molar-refractivity contribution in [2.75, 3.05) is 13.6 Å². The molecule has 0 radical (unpaired) electrons. The van der Waals surface area contributed by atoms with E-state index in [4.69, 9.17) is 21.2 Å². The molecule has 186 valence electrons. The Bertz CT molecular complexity index is 1420. The lowest BCUT2D eigenvalue weighted by molar-refractivity contribution is -0.138. The lowest BCUT2D eigenvalue weighted by Gasteiger charge is -2.14. The zero-order valence-electron chi connectivity index (χ0n) is 18.7. The number of carboxylic acid groups (broad SMARTS) is 1. The average Bonchev–Trinajstić information content (AvgIpc) is 3.28. The van der Waals surface area contributed by atoms with Gasteiger partial charge in [0.1, 0.15) is 5.82 Å². The minimum absolute atomic E-state index is 0.0383. The molecule has 3 aromatic carbocycles. The minimum atomic E-state index is -4.55. The first kappa shape index (κ1) is 25.3. The van der Waals surface area contributed by atoms with Crippen molar-refractivity contribution in [3.63, 3.8) is 0 Å². The second-order valence-electron chi connectivity index (χ2n) is 8.08. The number of halogens is 5. The van der Waals surface area contributed by atoms with Crippen molar-refractivity contribution in [1.29, 1.82) is 0 Å².